The van der Waals surface area contributed by atoms with E-state index in [0.717, 1.165) is 22.3 Å². The van der Waals surface area contributed by atoms with Gasteiger partial charge in [0.1, 0.15) is 6.54 Å². The lowest BCUT2D eigenvalue weighted by Crippen LogP contribution is -2.18. The highest BCUT2D eigenvalue weighted by molar-refractivity contribution is 5.92. The average molecular weight is 320 g/mol. The summed E-state index contributed by atoms with van der Waals surface area (Å²) in [5.41, 5.74) is 5.52. The van der Waals surface area contributed by atoms with Crippen LogP contribution in [0.2, 0.25) is 0 Å². The molecule has 0 fully saturated rings. The van der Waals surface area contributed by atoms with Gasteiger partial charge in [0.15, 0.2) is 0 Å². The molecule has 0 saturated heterocycles. The van der Waals surface area contributed by atoms with Crippen molar-refractivity contribution in [3.05, 3.63) is 65.4 Å². The second-order valence-electron chi connectivity index (χ2n) is 6.78. The molecule has 0 spiro atoms. The molecule has 1 aromatic heterocycles. The summed E-state index contributed by atoms with van der Waals surface area (Å²) >= 11 is 0. The molecule has 2 aromatic carbocycles. The maximum atomic E-state index is 12.4. The van der Waals surface area contributed by atoms with Crippen molar-refractivity contribution in [3.8, 4) is 0 Å². The van der Waals surface area contributed by atoms with E-state index in [1.165, 1.54) is 10.9 Å². The molecule has 1 heterocycles. The third kappa shape index (κ3) is 3.35. The first kappa shape index (κ1) is 16.3. The minimum absolute atomic E-state index is 0.00543. The van der Waals surface area contributed by atoms with Crippen molar-refractivity contribution in [2.45, 2.75) is 40.2 Å². The standard InChI is InChI=1S/C21H24N2O/c1-14(2)17-7-8-20-18(12-17)9-10-23(20)13-21(24)22-19-11-15(3)5-6-16(19)4/h5-12,14H,13H2,1-4H3,(H,22,24). The summed E-state index contributed by atoms with van der Waals surface area (Å²) in [7, 11) is 0. The Morgan fingerprint density at radius 3 is 2.62 bits per heavy atom. The second-order valence-corrected chi connectivity index (χ2v) is 6.78. The van der Waals surface area contributed by atoms with Crippen LogP contribution in [0, 0.1) is 13.8 Å². The molecule has 1 N–H and O–H groups in total. The molecule has 0 saturated carbocycles. The molecule has 1 amide bonds. The molecule has 24 heavy (non-hydrogen) atoms. The van der Waals surface area contributed by atoms with Crippen molar-refractivity contribution in [1.82, 2.24) is 4.57 Å². The molecular weight excluding hydrogens is 296 g/mol. The van der Waals surface area contributed by atoms with Crippen LogP contribution in [-0.4, -0.2) is 10.5 Å². The molecule has 124 valence electrons. The van der Waals surface area contributed by atoms with E-state index in [0.29, 0.717) is 12.5 Å². The monoisotopic (exact) mass is 320 g/mol. The highest BCUT2D eigenvalue weighted by Crippen LogP contribution is 2.23. The average Bonchev–Trinajstić information content (AvgIpc) is 2.93. The van der Waals surface area contributed by atoms with Crippen molar-refractivity contribution in [2.24, 2.45) is 0 Å². The molecule has 3 nitrogen and oxygen atoms in total. The molecular formula is C21H24N2O. The number of anilines is 1. The number of aryl methyl sites for hydroxylation is 2. The van der Waals surface area contributed by atoms with Crippen molar-refractivity contribution >= 4 is 22.5 Å². The van der Waals surface area contributed by atoms with Gasteiger partial charge in [-0.25, -0.2) is 0 Å². The SMILES string of the molecule is Cc1ccc(C)c(NC(=O)Cn2ccc3cc(C(C)C)ccc32)c1. The lowest BCUT2D eigenvalue weighted by atomic mass is 10.0. The second kappa shape index (κ2) is 6.52. The molecule has 3 rings (SSSR count). The van der Waals surface area contributed by atoms with Crippen molar-refractivity contribution in [1.29, 1.82) is 0 Å². The van der Waals surface area contributed by atoms with E-state index in [2.05, 4.69) is 49.5 Å². The molecule has 0 aliphatic heterocycles. The molecule has 0 aliphatic carbocycles. The quantitative estimate of drug-likeness (QED) is 0.719. The number of fused-ring (bicyclic) bond motifs is 1. The number of nitrogens with zero attached hydrogens (tertiary/aromatic N) is 1. The van der Waals surface area contributed by atoms with Crippen LogP contribution in [0.25, 0.3) is 10.9 Å². The normalized spacial score (nSPS) is 11.2. The van der Waals surface area contributed by atoms with E-state index in [9.17, 15) is 4.79 Å². The van der Waals surface area contributed by atoms with Gasteiger partial charge in [-0.2, -0.15) is 0 Å². The minimum atomic E-state index is -0.00543. The Kier molecular flexibility index (Phi) is 4.43. The fraction of sp³-hybridized carbons (Fsp3) is 0.286. The predicted octanol–water partition coefficient (Wildman–Crippen LogP) is 5.02. The molecule has 0 atom stereocenters. The Morgan fingerprint density at radius 2 is 1.88 bits per heavy atom. The number of carbonyl (C=O) groups excluding carboxylic acids is 1. The first-order valence-electron chi connectivity index (χ1n) is 8.40. The Morgan fingerprint density at radius 1 is 1.08 bits per heavy atom. The van der Waals surface area contributed by atoms with Crippen LogP contribution in [0.5, 0.6) is 0 Å². The number of amides is 1. The molecule has 3 heteroatoms. The van der Waals surface area contributed by atoms with E-state index in [1.807, 2.05) is 36.7 Å². The summed E-state index contributed by atoms with van der Waals surface area (Å²) in [5.74, 6) is 0.500. The molecule has 0 bridgehead atoms. The largest absolute Gasteiger partial charge is 0.338 e. The van der Waals surface area contributed by atoms with Gasteiger partial charge in [-0.05, 0) is 66.1 Å². The van der Waals surface area contributed by atoms with Crippen LogP contribution in [0.4, 0.5) is 5.69 Å². The van der Waals surface area contributed by atoms with Crippen molar-refractivity contribution < 1.29 is 4.79 Å². The summed E-state index contributed by atoms with van der Waals surface area (Å²) in [6.45, 7) is 8.73. The molecule has 0 radical (unpaired) electrons. The van der Waals surface area contributed by atoms with Gasteiger partial charge in [0.2, 0.25) is 5.91 Å². The minimum Gasteiger partial charge on any atom is -0.338 e. The van der Waals surface area contributed by atoms with Crippen LogP contribution in [0.3, 0.4) is 0 Å². The van der Waals surface area contributed by atoms with E-state index >= 15 is 0 Å². The van der Waals surface area contributed by atoms with Crippen LogP contribution in [0.15, 0.2) is 48.7 Å². The third-order valence-corrected chi connectivity index (χ3v) is 4.44. The fourth-order valence-corrected chi connectivity index (χ4v) is 2.93. The zero-order chi connectivity index (χ0) is 17.3. The Balaban J connectivity index is 1.79. The topological polar surface area (TPSA) is 34.0 Å². The molecule has 3 aromatic rings. The van der Waals surface area contributed by atoms with E-state index < -0.39 is 0 Å². The predicted molar refractivity (Wildman–Crippen MR) is 101 cm³/mol. The summed E-state index contributed by atoms with van der Waals surface area (Å²) < 4.78 is 2.00. The van der Waals surface area contributed by atoms with Crippen LogP contribution in [0.1, 0.15) is 36.5 Å². The Labute approximate surface area is 143 Å². The molecule has 0 unspecified atom stereocenters. The zero-order valence-corrected chi connectivity index (χ0v) is 14.8. The summed E-state index contributed by atoms with van der Waals surface area (Å²) in [4.78, 5) is 12.4. The van der Waals surface area contributed by atoms with Gasteiger partial charge in [0.05, 0.1) is 0 Å². The maximum absolute atomic E-state index is 12.4. The molecule has 0 aliphatic rings. The summed E-state index contributed by atoms with van der Waals surface area (Å²) in [6, 6.07) is 14.6. The third-order valence-electron chi connectivity index (χ3n) is 4.44. The van der Waals surface area contributed by atoms with Gasteiger partial charge in [-0.1, -0.05) is 32.0 Å². The van der Waals surface area contributed by atoms with Gasteiger partial charge in [0, 0.05) is 17.4 Å². The number of hydrogen-bond donors (Lipinski definition) is 1. The van der Waals surface area contributed by atoms with E-state index in [1.54, 1.807) is 0 Å². The number of benzene rings is 2. The highest BCUT2D eigenvalue weighted by Gasteiger charge is 2.09. The first-order chi connectivity index (χ1) is 11.4. The Hall–Kier alpha value is -2.55. The maximum Gasteiger partial charge on any atom is 0.244 e. The smallest absolute Gasteiger partial charge is 0.244 e. The lowest BCUT2D eigenvalue weighted by molar-refractivity contribution is -0.116. The van der Waals surface area contributed by atoms with Crippen molar-refractivity contribution in [2.75, 3.05) is 5.32 Å². The van der Waals surface area contributed by atoms with Crippen LogP contribution in [-0.2, 0) is 11.3 Å². The number of aromatic nitrogens is 1. The van der Waals surface area contributed by atoms with Gasteiger partial charge in [-0.15, -0.1) is 0 Å². The Bertz CT molecular complexity index is 890. The fourth-order valence-electron chi connectivity index (χ4n) is 2.93. The first-order valence-corrected chi connectivity index (χ1v) is 8.40. The van der Waals surface area contributed by atoms with E-state index in [4.69, 9.17) is 0 Å². The van der Waals surface area contributed by atoms with Gasteiger partial charge >= 0.3 is 0 Å². The highest BCUT2D eigenvalue weighted by atomic mass is 16.1. The zero-order valence-electron chi connectivity index (χ0n) is 14.8. The van der Waals surface area contributed by atoms with Crippen LogP contribution < -0.4 is 5.32 Å². The number of hydrogen-bond acceptors (Lipinski definition) is 1. The summed E-state index contributed by atoms with van der Waals surface area (Å²) in [5, 5.41) is 4.21. The van der Waals surface area contributed by atoms with Gasteiger partial charge < -0.3 is 9.88 Å². The van der Waals surface area contributed by atoms with Gasteiger partial charge in [0.25, 0.3) is 0 Å². The number of rotatable bonds is 4. The number of carbonyl (C=O) groups is 1. The summed E-state index contributed by atoms with van der Waals surface area (Å²) in [6.07, 6.45) is 1.98. The van der Waals surface area contributed by atoms with Gasteiger partial charge in [-0.3, -0.25) is 4.79 Å². The lowest BCUT2D eigenvalue weighted by Gasteiger charge is -2.11. The van der Waals surface area contributed by atoms with E-state index in [-0.39, 0.29) is 5.91 Å². The van der Waals surface area contributed by atoms with Crippen LogP contribution >= 0.6 is 0 Å². The van der Waals surface area contributed by atoms with Crippen molar-refractivity contribution in [3.63, 3.8) is 0 Å². The number of nitrogens with one attached hydrogen (secondary N) is 1.